The van der Waals surface area contributed by atoms with Crippen LogP contribution in [0.15, 0.2) is 64.9 Å². The minimum atomic E-state index is 0.180. The second-order valence-electron chi connectivity index (χ2n) is 7.76. The molecule has 2 aromatic rings. The molecular formula is C23H23N3O. The van der Waals surface area contributed by atoms with Crippen molar-refractivity contribution in [2.45, 2.75) is 44.2 Å². The number of aliphatic imine (C=N–C) groups is 1. The van der Waals surface area contributed by atoms with Crippen LogP contribution in [-0.4, -0.2) is 40.6 Å². The van der Waals surface area contributed by atoms with Gasteiger partial charge in [0.05, 0.1) is 6.54 Å². The van der Waals surface area contributed by atoms with Crippen molar-refractivity contribution in [1.82, 2.24) is 9.88 Å². The molecule has 0 spiro atoms. The maximum Gasteiger partial charge on any atom is 0.254 e. The summed E-state index contributed by atoms with van der Waals surface area (Å²) in [6.45, 7) is 0.870. The first-order valence-corrected chi connectivity index (χ1v) is 9.83. The number of amides is 1. The Morgan fingerprint density at radius 1 is 1.00 bits per heavy atom. The van der Waals surface area contributed by atoms with E-state index in [1.165, 1.54) is 11.1 Å². The first-order valence-electron chi connectivity index (χ1n) is 9.83. The Kier molecular flexibility index (Phi) is 4.12. The van der Waals surface area contributed by atoms with Gasteiger partial charge in [0, 0.05) is 36.3 Å². The first kappa shape index (κ1) is 16.4. The van der Waals surface area contributed by atoms with E-state index in [-0.39, 0.29) is 5.91 Å². The molecule has 4 nitrogen and oxygen atoms in total. The van der Waals surface area contributed by atoms with Gasteiger partial charge in [0.1, 0.15) is 0 Å². The average Bonchev–Trinajstić information content (AvgIpc) is 3.44. The van der Waals surface area contributed by atoms with Crippen molar-refractivity contribution < 1.29 is 4.79 Å². The van der Waals surface area contributed by atoms with E-state index in [1.54, 1.807) is 6.20 Å². The minimum absolute atomic E-state index is 0.180. The van der Waals surface area contributed by atoms with E-state index in [4.69, 9.17) is 0 Å². The van der Waals surface area contributed by atoms with Crippen LogP contribution in [-0.2, 0) is 0 Å². The quantitative estimate of drug-likeness (QED) is 0.819. The molecule has 1 aromatic carbocycles. The molecule has 2 aliphatic carbocycles. The molecule has 1 amide bonds. The van der Waals surface area contributed by atoms with E-state index >= 15 is 0 Å². The number of benzene rings is 1. The van der Waals surface area contributed by atoms with E-state index in [9.17, 15) is 4.79 Å². The fourth-order valence-electron chi connectivity index (χ4n) is 4.30. The molecule has 1 saturated carbocycles. The molecule has 1 fully saturated rings. The van der Waals surface area contributed by atoms with Gasteiger partial charge < -0.3 is 4.90 Å². The van der Waals surface area contributed by atoms with Crippen LogP contribution >= 0.6 is 0 Å². The molecular weight excluding hydrogens is 334 g/mol. The number of carbonyl (C=O) groups excluding carboxylic acids is 1. The molecule has 4 heteroatoms. The summed E-state index contributed by atoms with van der Waals surface area (Å²) in [5.41, 5.74) is 5.80. The van der Waals surface area contributed by atoms with E-state index in [0.717, 1.165) is 55.3 Å². The number of nitrogens with zero attached hydrogens (tertiary/aromatic N) is 3. The van der Waals surface area contributed by atoms with Crippen LogP contribution in [0.2, 0.25) is 0 Å². The predicted octanol–water partition coefficient (Wildman–Crippen LogP) is 4.29. The third-order valence-electron chi connectivity index (χ3n) is 5.91. The van der Waals surface area contributed by atoms with Gasteiger partial charge >= 0.3 is 0 Å². The van der Waals surface area contributed by atoms with Gasteiger partial charge in [-0.1, -0.05) is 18.2 Å². The predicted molar refractivity (Wildman–Crippen MR) is 107 cm³/mol. The Labute approximate surface area is 159 Å². The molecule has 0 saturated heterocycles. The van der Waals surface area contributed by atoms with Crippen molar-refractivity contribution in [3.63, 3.8) is 0 Å². The smallest absolute Gasteiger partial charge is 0.254 e. The lowest BCUT2D eigenvalue weighted by Crippen LogP contribution is -2.43. The molecule has 1 aromatic heterocycles. The minimum Gasteiger partial charge on any atom is -0.332 e. The molecule has 0 bridgehead atoms. The molecule has 3 aliphatic rings. The molecule has 27 heavy (non-hydrogen) atoms. The Balaban J connectivity index is 1.37. The van der Waals surface area contributed by atoms with Crippen LogP contribution in [0.4, 0.5) is 0 Å². The second-order valence-corrected chi connectivity index (χ2v) is 7.76. The Bertz CT molecular complexity index is 910. The van der Waals surface area contributed by atoms with Crippen LogP contribution in [0.5, 0.6) is 0 Å². The highest BCUT2D eigenvalue weighted by Gasteiger charge is 2.39. The lowest BCUT2D eigenvalue weighted by atomic mass is 9.88. The molecule has 0 N–H and O–H groups in total. The number of aromatic nitrogens is 1. The number of pyridine rings is 1. The van der Waals surface area contributed by atoms with Crippen LogP contribution < -0.4 is 0 Å². The molecule has 1 atom stereocenters. The zero-order chi connectivity index (χ0) is 18.2. The topological polar surface area (TPSA) is 45.6 Å². The van der Waals surface area contributed by atoms with Gasteiger partial charge in [-0.15, -0.1) is 0 Å². The molecule has 1 aliphatic heterocycles. The third-order valence-corrected chi connectivity index (χ3v) is 5.91. The molecule has 5 rings (SSSR count). The molecule has 1 unspecified atom stereocenters. The van der Waals surface area contributed by atoms with Gasteiger partial charge in [-0.3, -0.25) is 14.8 Å². The summed E-state index contributed by atoms with van der Waals surface area (Å²) in [7, 11) is 0. The SMILES string of the molecule is O=C(c1ccc(-c2cccnc2)cc1)N(C1CC1)C1CCC2=C(C=NC2)C1. The first-order chi connectivity index (χ1) is 13.3. The highest BCUT2D eigenvalue weighted by Crippen LogP contribution is 2.37. The Hall–Kier alpha value is -2.75. The summed E-state index contributed by atoms with van der Waals surface area (Å²) >= 11 is 0. The normalized spacial score (nSPS) is 21.3. The maximum absolute atomic E-state index is 13.3. The van der Waals surface area contributed by atoms with Crippen molar-refractivity contribution in [3.05, 3.63) is 65.5 Å². The van der Waals surface area contributed by atoms with Crippen molar-refractivity contribution in [2.24, 2.45) is 4.99 Å². The van der Waals surface area contributed by atoms with Crippen molar-refractivity contribution in [1.29, 1.82) is 0 Å². The highest BCUT2D eigenvalue weighted by atomic mass is 16.2. The highest BCUT2D eigenvalue weighted by molar-refractivity contribution is 5.95. The number of hydrogen-bond donors (Lipinski definition) is 0. The number of hydrogen-bond acceptors (Lipinski definition) is 3. The Morgan fingerprint density at radius 3 is 2.59 bits per heavy atom. The summed E-state index contributed by atoms with van der Waals surface area (Å²) in [5, 5.41) is 0. The standard InChI is InChI=1S/C23H23N3O/c27-23(17-5-3-16(4-6-17)18-2-1-11-24-13-18)26(21-9-10-21)22-8-7-19-14-25-15-20(19)12-22/h1-6,11,13,15,21-22H,7-10,12,14H2. The van der Waals surface area contributed by atoms with Crippen molar-refractivity contribution >= 4 is 12.1 Å². The lowest BCUT2D eigenvalue weighted by molar-refractivity contribution is 0.0645. The van der Waals surface area contributed by atoms with Gasteiger partial charge in [0.15, 0.2) is 0 Å². The number of rotatable bonds is 4. The largest absolute Gasteiger partial charge is 0.332 e. The van der Waals surface area contributed by atoms with Gasteiger partial charge in [-0.05, 0) is 72.6 Å². The van der Waals surface area contributed by atoms with Gasteiger partial charge in [0.2, 0.25) is 0 Å². The van der Waals surface area contributed by atoms with Crippen molar-refractivity contribution in [3.8, 4) is 11.1 Å². The summed E-state index contributed by atoms with van der Waals surface area (Å²) in [6, 6.07) is 12.7. The summed E-state index contributed by atoms with van der Waals surface area (Å²) < 4.78 is 0. The van der Waals surface area contributed by atoms with E-state index < -0.39 is 0 Å². The van der Waals surface area contributed by atoms with Gasteiger partial charge in [0.25, 0.3) is 5.91 Å². The van der Waals surface area contributed by atoms with Gasteiger partial charge in [-0.2, -0.15) is 0 Å². The van der Waals surface area contributed by atoms with Crippen molar-refractivity contribution in [2.75, 3.05) is 6.54 Å². The zero-order valence-corrected chi connectivity index (χ0v) is 15.3. The van der Waals surface area contributed by atoms with Crippen LogP contribution in [0, 0.1) is 0 Å². The van der Waals surface area contributed by atoms with Gasteiger partial charge in [-0.25, -0.2) is 0 Å². The third kappa shape index (κ3) is 3.20. The fraction of sp³-hybridized carbons (Fsp3) is 0.348. The monoisotopic (exact) mass is 357 g/mol. The average molecular weight is 357 g/mol. The molecule has 0 radical (unpaired) electrons. The summed E-state index contributed by atoms with van der Waals surface area (Å²) in [4.78, 5) is 24.1. The Morgan fingerprint density at radius 2 is 1.85 bits per heavy atom. The van der Waals surface area contributed by atoms with Crippen LogP contribution in [0.1, 0.15) is 42.5 Å². The molecule has 136 valence electrons. The van der Waals surface area contributed by atoms with Crippen LogP contribution in [0.25, 0.3) is 11.1 Å². The fourth-order valence-corrected chi connectivity index (χ4v) is 4.30. The summed E-state index contributed by atoms with van der Waals surface area (Å²) in [6.07, 6.45) is 11.0. The number of carbonyl (C=O) groups is 1. The summed E-state index contributed by atoms with van der Waals surface area (Å²) in [5.74, 6) is 0.180. The zero-order valence-electron chi connectivity index (χ0n) is 15.3. The lowest BCUT2D eigenvalue weighted by Gasteiger charge is -2.35. The van der Waals surface area contributed by atoms with E-state index in [1.807, 2.05) is 48.8 Å². The van der Waals surface area contributed by atoms with Crippen LogP contribution in [0.3, 0.4) is 0 Å². The van der Waals surface area contributed by atoms with E-state index in [2.05, 4.69) is 14.9 Å². The second kappa shape index (κ2) is 6.76. The molecule has 2 heterocycles. The maximum atomic E-state index is 13.3. The van der Waals surface area contributed by atoms with E-state index in [0.29, 0.717) is 12.1 Å².